The maximum atomic E-state index is 12.1. The molecule has 0 bridgehead atoms. The number of nitrogens with zero attached hydrogens (tertiary/aromatic N) is 1. The zero-order chi connectivity index (χ0) is 18.6. The van der Waals surface area contributed by atoms with Gasteiger partial charge in [-0.15, -0.1) is 0 Å². The molecule has 1 aliphatic carbocycles. The van der Waals surface area contributed by atoms with E-state index < -0.39 is 0 Å². The van der Waals surface area contributed by atoms with Crippen LogP contribution in [0.5, 0.6) is 0 Å². The van der Waals surface area contributed by atoms with E-state index in [1.54, 1.807) is 0 Å². The van der Waals surface area contributed by atoms with Gasteiger partial charge in [0, 0.05) is 5.92 Å². The van der Waals surface area contributed by atoms with Crippen molar-refractivity contribution in [1.29, 1.82) is 0 Å². The van der Waals surface area contributed by atoms with E-state index in [0.717, 1.165) is 62.6 Å². The molecule has 2 amide bonds. The molecular weight excluding hydrogens is 326 g/mol. The van der Waals surface area contributed by atoms with Gasteiger partial charge in [-0.1, -0.05) is 69.4 Å². The van der Waals surface area contributed by atoms with Crippen LogP contribution in [0.3, 0.4) is 0 Å². The molecule has 1 saturated carbocycles. The third-order valence-electron chi connectivity index (χ3n) is 4.84. The van der Waals surface area contributed by atoms with Crippen LogP contribution in [0.25, 0.3) is 0 Å². The predicted molar refractivity (Wildman–Crippen MR) is 105 cm³/mol. The number of rotatable bonds is 9. The van der Waals surface area contributed by atoms with Gasteiger partial charge in [-0.2, -0.15) is 5.10 Å². The number of hydrogen-bond donors (Lipinski definition) is 2. The molecule has 1 fully saturated rings. The molecule has 26 heavy (non-hydrogen) atoms. The maximum absolute atomic E-state index is 12.1. The molecule has 1 aliphatic rings. The van der Waals surface area contributed by atoms with Crippen molar-refractivity contribution in [2.75, 3.05) is 6.54 Å². The number of hydrogen-bond acceptors (Lipinski definition) is 3. The van der Waals surface area contributed by atoms with Gasteiger partial charge in [-0.25, -0.2) is 5.43 Å². The minimum absolute atomic E-state index is 0.00458. The van der Waals surface area contributed by atoms with E-state index in [1.807, 2.05) is 30.3 Å². The van der Waals surface area contributed by atoms with Gasteiger partial charge in [-0.05, 0) is 31.2 Å². The van der Waals surface area contributed by atoms with Gasteiger partial charge in [0.2, 0.25) is 5.91 Å². The van der Waals surface area contributed by atoms with Gasteiger partial charge in [0.25, 0.3) is 5.91 Å². The summed E-state index contributed by atoms with van der Waals surface area (Å²) < 4.78 is 0. The second kappa shape index (κ2) is 11.4. The van der Waals surface area contributed by atoms with Crippen molar-refractivity contribution in [1.82, 2.24) is 10.7 Å². The number of carbonyl (C=O) groups excluding carboxylic acids is 2. The van der Waals surface area contributed by atoms with Gasteiger partial charge in [-0.3, -0.25) is 9.59 Å². The summed E-state index contributed by atoms with van der Waals surface area (Å²) in [6, 6.07) is 9.91. The van der Waals surface area contributed by atoms with Crippen LogP contribution in [0, 0.1) is 5.92 Å². The molecule has 2 N–H and O–H groups in total. The zero-order valence-corrected chi connectivity index (χ0v) is 15.8. The normalized spacial score (nSPS) is 15.5. The summed E-state index contributed by atoms with van der Waals surface area (Å²) in [6.45, 7) is 2.14. The van der Waals surface area contributed by atoms with E-state index in [0.29, 0.717) is 0 Å². The van der Waals surface area contributed by atoms with Crippen molar-refractivity contribution in [2.24, 2.45) is 11.0 Å². The summed E-state index contributed by atoms with van der Waals surface area (Å²) in [6.07, 6.45) is 9.42. The summed E-state index contributed by atoms with van der Waals surface area (Å²) in [5.74, 6) is -0.220. The van der Waals surface area contributed by atoms with Crippen LogP contribution in [0.15, 0.2) is 35.4 Å². The Balaban J connectivity index is 1.84. The van der Waals surface area contributed by atoms with Crippen LogP contribution in [0.2, 0.25) is 0 Å². The summed E-state index contributed by atoms with van der Waals surface area (Å²) in [5, 5.41) is 7.07. The first-order valence-electron chi connectivity index (χ1n) is 9.89. The smallest absolute Gasteiger partial charge is 0.259 e. The largest absolute Gasteiger partial charge is 0.347 e. The first-order chi connectivity index (χ1) is 12.7. The highest BCUT2D eigenvalue weighted by Crippen LogP contribution is 2.23. The van der Waals surface area contributed by atoms with E-state index in [9.17, 15) is 9.59 Å². The zero-order valence-electron chi connectivity index (χ0n) is 15.8. The molecule has 0 saturated heterocycles. The molecule has 1 aromatic carbocycles. The number of hydrazone groups is 1. The molecule has 2 rings (SSSR count). The predicted octanol–water partition coefficient (Wildman–Crippen LogP) is 3.78. The van der Waals surface area contributed by atoms with Crippen molar-refractivity contribution in [3.8, 4) is 0 Å². The van der Waals surface area contributed by atoms with E-state index in [1.165, 1.54) is 6.42 Å². The van der Waals surface area contributed by atoms with Crippen LogP contribution in [0.1, 0.15) is 70.3 Å². The molecule has 0 heterocycles. The lowest BCUT2D eigenvalue weighted by atomic mass is 9.89. The van der Waals surface area contributed by atoms with E-state index >= 15 is 0 Å². The fraction of sp³-hybridized carbons (Fsp3) is 0.571. The second-order valence-corrected chi connectivity index (χ2v) is 6.97. The first kappa shape index (κ1) is 20.1. The molecule has 5 nitrogen and oxygen atoms in total. The molecule has 0 atom stereocenters. The molecule has 142 valence electrons. The fourth-order valence-corrected chi connectivity index (χ4v) is 3.28. The SMILES string of the molecule is CCCCC/C(=N\NC(=O)CNC(=O)C1CCCCC1)c1ccccc1. The summed E-state index contributed by atoms with van der Waals surface area (Å²) >= 11 is 0. The Morgan fingerprint density at radius 2 is 1.81 bits per heavy atom. The van der Waals surface area contributed by atoms with Crippen LogP contribution < -0.4 is 10.7 Å². The first-order valence-corrected chi connectivity index (χ1v) is 9.89. The van der Waals surface area contributed by atoms with E-state index in [-0.39, 0.29) is 24.3 Å². The lowest BCUT2D eigenvalue weighted by Gasteiger charge is -2.20. The molecule has 0 aromatic heterocycles. The highest BCUT2D eigenvalue weighted by Gasteiger charge is 2.21. The quantitative estimate of drug-likeness (QED) is 0.401. The average molecular weight is 357 g/mol. The number of nitrogens with one attached hydrogen (secondary N) is 2. The Hall–Kier alpha value is -2.17. The summed E-state index contributed by atoms with van der Waals surface area (Å²) in [4.78, 5) is 24.2. The lowest BCUT2D eigenvalue weighted by molar-refractivity contribution is -0.129. The van der Waals surface area contributed by atoms with Crippen molar-refractivity contribution in [3.63, 3.8) is 0 Å². The Labute approximate surface area is 156 Å². The van der Waals surface area contributed by atoms with Crippen molar-refractivity contribution < 1.29 is 9.59 Å². The molecule has 5 heteroatoms. The van der Waals surface area contributed by atoms with Gasteiger partial charge >= 0.3 is 0 Å². The van der Waals surface area contributed by atoms with Crippen LogP contribution >= 0.6 is 0 Å². The Morgan fingerprint density at radius 3 is 2.50 bits per heavy atom. The van der Waals surface area contributed by atoms with Gasteiger partial charge in [0.05, 0.1) is 12.3 Å². The lowest BCUT2D eigenvalue weighted by Crippen LogP contribution is -2.39. The minimum atomic E-state index is -0.280. The maximum Gasteiger partial charge on any atom is 0.259 e. The molecule has 1 aromatic rings. The molecule has 0 aliphatic heterocycles. The van der Waals surface area contributed by atoms with E-state index in [4.69, 9.17) is 0 Å². The fourth-order valence-electron chi connectivity index (χ4n) is 3.28. The molecule has 0 radical (unpaired) electrons. The standard InChI is InChI=1S/C21H31N3O2/c1-2-3-6-15-19(17-11-7-4-8-12-17)23-24-20(25)16-22-21(26)18-13-9-5-10-14-18/h4,7-8,11-12,18H,2-3,5-6,9-10,13-16H2,1H3,(H,22,26)(H,24,25)/b23-19+. The van der Waals surface area contributed by atoms with Crippen molar-refractivity contribution in [2.45, 2.75) is 64.7 Å². The van der Waals surface area contributed by atoms with Gasteiger partial charge in [0.15, 0.2) is 0 Å². The average Bonchev–Trinajstić information content (AvgIpc) is 2.70. The third-order valence-corrected chi connectivity index (χ3v) is 4.84. The number of amides is 2. The molecular formula is C21H31N3O2. The number of benzene rings is 1. The Bertz CT molecular complexity index is 593. The van der Waals surface area contributed by atoms with Crippen LogP contribution in [0.4, 0.5) is 0 Å². The van der Waals surface area contributed by atoms with Crippen LogP contribution in [-0.2, 0) is 9.59 Å². The number of carbonyl (C=O) groups is 2. The summed E-state index contributed by atoms with van der Waals surface area (Å²) in [5.41, 5.74) is 4.50. The minimum Gasteiger partial charge on any atom is -0.347 e. The monoisotopic (exact) mass is 357 g/mol. The highest BCUT2D eigenvalue weighted by atomic mass is 16.2. The Morgan fingerprint density at radius 1 is 1.08 bits per heavy atom. The van der Waals surface area contributed by atoms with E-state index in [2.05, 4.69) is 22.8 Å². The number of unbranched alkanes of at least 4 members (excludes halogenated alkanes) is 2. The topological polar surface area (TPSA) is 70.6 Å². The Kier molecular flexibility index (Phi) is 8.87. The third kappa shape index (κ3) is 6.98. The van der Waals surface area contributed by atoms with Crippen molar-refractivity contribution >= 4 is 17.5 Å². The van der Waals surface area contributed by atoms with Gasteiger partial charge in [0.1, 0.15) is 0 Å². The van der Waals surface area contributed by atoms with Gasteiger partial charge < -0.3 is 5.32 Å². The summed E-state index contributed by atoms with van der Waals surface area (Å²) in [7, 11) is 0. The molecule has 0 unspecified atom stereocenters. The highest BCUT2D eigenvalue weighted by molar-refractivity contribution is 6.01. The molecule has 0 spiro atoms. The second-order valence-electron chi connectivity index (χ2n) is 6.97. The van der Waals surface area contributed by atoms with Crippen molar-refractivity contribution in [3.05, 3.63) is 35.9 Å². The van der Waals surface area contributed by atoms with Crippen LogP contribution in [-0.4, -0.2) is 24.1 Å².